The van der Waals surface area contributed by atoms with Gasteiger partial charge in [-0.3, -0.25) is 4.90 Å². The van der Waals surface area contributed by atoms with Gasteiger partial charge in [-0.15, -0.1) is 0 Å². The normalized spacial score (nSPS) is 37.0. The zero-order valence-corrected chi connectivity index (χ0v) is 16.4. The van der Waals surface area contributed by atoms with Crippen molar-refractivity contribution < 1.29 is 20.4 Å². The topological polar surface area (TPSA) is 84.2 Å². The van der Waals surface area contributed by atoms with Gasteiger partial charge in [0.15, 0.2) is 0 Å². The SMILES string of the molecule is CC1CCCCCCCCCCCCN1C1C=C(CO)C(O)C(O)C1O. The lowest BCUT2D eigenvalue weighted by Crippen LogP contribution is -2.57. The Morgan fingerprint density at radius 2 is 1.38 bits per heavy atom. The molecule has 0 aromatic heterocycles. The lowest BCUT2D eigenvalue weighted by Gasteiger charge is -2.43. The van der Waals surface area contributed by atoms with E-state index in [0.717, 1.165) is 19.4 Å². The second-order valence-electron chi connectivity index (χ2n) is 8.23. The summed E-state index contributed by atoms with van der Waals surface area (Å²) in [6, 6.07) is -0.0466. The van der Waals surface area contributed by atoms with Crippen LogP contribution in [0.5, 0.6) is 0 Å². The second kappa shape index (κ2) is 11.4. The van der Waals surface area contributed by atoms with Crippen LogP contribution in [0.15, 0.2) is 11.6 Å². The molecule has 0 bridgehead atoms. The Bertz CT molecular complexity index is 428. The van der Waals surface area contributed by atoms with Crippen molar-refractivity contribution >= 4 is 0 Å². The van der Waals surface area contributed by atoms with Crippen LogP contribution in [-0.4, -0.2) is 68.9 Å². The van der Waals surface area contributed by atoms with Crippen LogP contribution in [-0.2, 0) is 0 Å². The van der Waals surface area contributed by atoms with E-state index >= 15 is 0 Å². The third-order valence-electron chi connectivity index (χ3n) is 6.21. The first-order valence-corrected chi connectivity index (χ1v) is 10.7. The van der Waals surface area contributed by atoms with E-state index in [9.17, 15) is 20.4 Å². The molecule has 0 spiro atoms. The summed E-state index contributed by atoms with van der Waals surface area (Å²) < 4.78 is 0. The summed E-state index contributed by atoms with van der Waals surface area (Å²) >= 11 is 0. The Morgan fingerprint density at radius 3 is 1.96 bits per heavy atom. The molecule has 0 radical (unpaired) electrons. The fraction of sp³-hybridized carbons (Fsp3) is 0.905. The van der Waals surface area contributed by atoms with Gasteiger partial charge in [0.25, 0.3) is 0 Å². The maximum Gasteiger partial charge on any atom is 0.111 e. The van der Waals surface area contributed by atoms with E-state index in [1.54, 1.807) is 6.08 Å². The molecule has 5 atom stereocenters. The van der Waals surface area contributed by atoms with Gasteiger partial charge in [0, 0.05) is 6.04 Å². The van der Waals surface area contributed by atoms with Crippen molar-refractivity contribution in [2.75, 3.05) is 13.2 Å². The zero-order chi connectivity index (χ0) is 18.9. The largest absolute Gasteiger partial charge is 0.392 e. The molecular weight excluding hydrogens is 330 g/mol. The molecule has 5 unspecified atom stereocenters. The van der Waals surface area contributed by atoms with Gasteiger partial charge in [0.1, 0.15) is 18.3 Å². The molecule has 0 aromatic carbocycles. The van der Waals surface area contributed by atoms with Gasteiger partial charge in [-0.1, -0.05) is 63.9 Å². The third-order valence-corrected chi connectivity index (χ3v) is 6.21. The van der Waals surface area contributed by atoms with Gasteiger partial charge in [-0.2, -0.15) is 0 Å². The molecule has 1 saturated heterocycles. The first kappa shape index (κ1) is 21.8. The minimum Gasteiger partial charge on any atom is -0.392 e. The standard InChI is InChI=1S/C21H39NO4/c1-16-12-10-8-6-4-2-3-5-7-9-11-13-22(16)18-14-17(15-23)19(24)21(26)20(18)25/h14,16,18-21,23-26H,2-13,15H2,1H3. The van der Waals surface area contributed by atoms with Crippen molar-refractivity contribution in [2.24, 2.45) is 0 Å². The Morgan fingerprint density at radius 1 is 0.846 bits per heavy atom. The van der Waals surface area contributed by atoms with Crippen LogP contribution in [0.3, 0.4) is 0 Å². The van der Waals surface area contributed by atoms with E-state index in [-0.39, 0.29) is 12.6 Å². The Kier molecular flexibility index (Phi) is 9.57. The van der Waals surface area contributed by atoms with E-state index in [1.807, 2.05) is 0 Å². The summed E-state index contributed by atoms with van der Waals surface area (Å²) in [5, 5.41) is 40.4. The maximum absolute atomic E-state index is 10.6. The van der Waals surface area contributed by atoms with E-state index in [1.165, 1.54) is 57.8 Å². The van der Waals surface area contributed by atoms with Gasteiger partial charge in [-0.05, 0) is 31.9 Å². The Labute approximate surface area is 158 Å². The highest BCUT2D eigenvalue weighted by atomic mass is 16.4. The monoisotopic (exact) mass is 369 g/mol. The van der Waals surface area contributed by atoms with Crippen LogP contribution in [0.2, 0.25) is 0 Å². The lowest BCUT2D eigenvalue weighted by atomic mass is 9.86. The summed E-state index contributed by atoms with van der Waals surface area (Å²) in [5.74, 6) is 0. The number of rotatable bonds is 2. The van der Waals surface area contributed by atoms with Crippen molar-refractivity contribution in [1.82, 2.24) is 4.90 Å². The summed E-state index contributed by atoms with van der Waals surface area (Å²) in [5.41, 5.74) is 0.416. The Balaban J connectivity index is 2.10. The van der Waals surface area contributed by atoms with Crippen molar-refractivity contribution in [2.45, 2.75) is 108 Å². The van der Waals surface area contributed by atoms with Crippen LogP contribution in [0.1, 0.15) is 77.6 Å². The molecule has 0 amide bonds. The molecule has 0 saturated carbocycles. The smallest absolute Gasteiger partial charge is 0.111 e. The van der Waals surface area contributed by atoms with Crippen molar-refractivity contribution in [3.63, 3.8) is 0 Å². The molecule has 1 heterocycles. The highest BCUT2D eigenvalue weighted by Gasteiger charge is 2.40. The maximum atomic E-state index is 10.6. The predicted molar refractivity (Wildman–Crippen MR) is 104 cm³/mol. The molecule has 26 heavy (non-hydrogen) atoms. The second-order valence-corrected chi connectivity index (χ2v) is 8.23. The van der Waals surface area contributed by atoms with Crippen LogP contribution >= 0.6 is 0 Å². The van der Waals surface area contributed by atoms with Crippen LogP contribution < -0.4 is 0 Å². The number of hydrogen-bond acceptors (Lipinski definition) is 5. The molecule has 1 aliphatic carbocycles. The quantitative estimate of drug-likeness (QED) is 0.562. The third kappa shape index (κ3) is 6.03. The van der Waals surface area contributed by atoms with Gasteiger partial charge in [-0.25, -0.2) is 0 Å². The molecule has 2 aliphatic rings. The molecule has 5 heteroatoms. The van der Waals surface area contributed by atoms with E-state index in [2.05, 4.69) is 11.8 Å². The zero-order valence-electron chi connectivity index (χ0n) is 16.4. The van der Waals surface area contributed by atoms with Crippen LogP contribution in [0, 0.1) is 0 Å². The molecule has 5 nitrogen and oxygen atoms in total. The number of nitrogens with zero attached hydrogens (tertiary/aromatic N) is 1. The van der Waals surface area contributed by atoms with Gasteiger partial charge >= 0.3 is 0 Å². The number of aliphatic hydroxyl groups excluding tert-OH is 4. The summed E-state index contributed by atoms with van der Waals surface area (Å²) in [4.78, 5) is 2.28. The van der Waals surface area contributed by atoms with Crippen molar-refractivity contribution in [1.29, 1.82) is 0 Å². The molecule has 2 rings (SSSR count). The van der Waals surface area contributed by atoms with Crippen LogP contribution in [0.4, 0.5) is 0 Å². The highest BCUT2D eigenvalue weighted by molar-refractivity contribution is 5.22. The minimum absolute atomic E-state index is 0.288. The van der Waals surface area contributed by atoms with Gasteiger partial charge in [0.05, 0.1) is 12.6 Å². The van der Waals surface area contributed by atoms with E-state index in [4.69, 9.17) is 0 Å². The molecule has 152 valence electrons. The summed E-state index contributed by atoms with van der Waals surface area (Å²) in [6.07, 6.45) is 12.0. The van der Waals surface area contributed by atoms with Gasteiger partial charge < -0.3 is 20.4 Å². The van der Waals surface area contributed by atoms with Crippen LogP contribution in [0.25, 0.3) is 0 Å². The van der Waals surface area contributed by atoms with E-state index in [0.29, 0.717) is 11.6 Å². The highest BCUT2D eigenvalue weighted by Crippen LogP contribution is 2.27. The van der Waals surface area contributed by atoms with Gasteiger partial charge in [0.2, 0.25) is 0 Å². The number of aliphatic hydroxyl groups is 4. The molecule has 4 N–H and O–H groups in total. The average molecular weight is 370 g/mol. The fourth-order valence-electron chi connectivity index (χ4n) is 4.44. The van der Waals surface area contributed by atoms with Crippen molar-refractivity contribution in [3.8, 4) is 0 Å². The Hall–Kier alpha value is -0.460. The minimum atomic E-state index is -1.24. The fourth-order valence-corrected chi connectivity index (χ4v) is 4.44. The van der Waals surface area contributed by atoms with E-state index < -0.39 is 18.3 Å². The first-order chi connectivity index (χ1) is 12.6. The van der Waals surface area contributed by atoms with Crippen molar-refractivity contribution in [3.05, 3.63) is 11.6 Å². The summed E-state index contributed by atoms with van der Waals surface area (Å²) in [7, 11) is 0. The average Bonchev–Trinajstić information content (AvgIpc) is 2.64. The molecular formula is C21H39NO4. The molecule has 1 fully saturated rings. The molecule has 1 aliphatic heterocycles. The number of hydrogen-bond donors (Lipinski definition) is 4. The molecule has 0 aromatic rings. The summed E-state index contributed by atoms with van der Waals surface area (Å²) in [6.45, 7) is 2.78. The lowest BCUT2D eigenvalue weighted by molar-refractivity contribution is -0.0882. The first-order valence-electron chi connectivity index (χ1n) is 10.7. The predicted octanol–water partition coefficient (Wildman–Crippen LogP) is 2.37.